The lowest BCUT2D eigenvalue weighted by atomic mass is 10.2. The summed E-state index contributed by atoms with van der Waals surface area (Å²) in [5.41, 5.74) is 1.34. The molecule has 0 radical (unpaired) electrons. The Kier molecular flexibility index (Phi) is 5.70. The summed E-state index contributed by atoms with van der Waals surface area (Å²) < 4.78 is 21.4. The Morgan fingerprint density at radius 3 is 2.72 bits per heavy atom. The molecule has 1 aliphatic heterocycles. The van der Waals surface area contributed by atoms with Gasteiger partial charge in [0.25, 0.3) is 0 Å². The Morgan fingerprint density at radius 2 is 1.97 bits per heavy atom. The van der Waals surface area contributed by atoms with Crippen LogP contribution in [-0.2, 0) is 0 Å². The number of hydrogen-bond donors (Lipinski definition) is 2. The molecule has 1 aliphatic rings. The van der Waals surface area contributed by atoms with Crippen molar-refractivity contribution in [3.63, 3.8) is 0 Å². The van der Waals surface area contributed by atoms with E-state index in [1.807, 2.05) is 19.1 Å². The van der Waals surface area contributed by atoms with Gasteiger partial charge in [0, 0.05) is 49.4 Å². The second-order valence-corrected chi connectivity index (χ2v) is 10.1. The third-order valence-corrected chi connectivity index (χ3v) is 6.62. The maximum Gasteiger partial charge on any atom is 0.325 e. The number of hydrogen-bond acceptors (Lipinski definition) is 8. The van der Waals surface area contributed by atoms with Crippen LogP contribution in [0.1, 0.15) is 5.69 Å². The van der Waals surface area contributed by atoms with Crippen molar-refractivity contribution in [2.24, 2.45) is 0 Å². The molecule has 0 amide bonds. The molecule has 0 aliphatic carbocycles. The van der Waals surface area contributed by atoms with Gasteiger partial charge >= 0.3 is 6.01 Å². The van der Waals surface area contributed by atoms with Crippen LogP contribution in [-0.4, -0.2) is 58.1 Å². The molecule has 4 aromatic rings. The maximum atomic E-state index is 14.6. The van der Waals surface area contributed by atoms with Crippen molar-refractivity contribution in [1.82, 2.24) is 24.8 Å². The fourth-order valence-corrected chi connectivity index (χ4v) is 4.73. The van der Waals surface area contributed by atoms with E-state index >= 15 is 0 Å². The zero-order chi connectivity index (χ0) is 22.2. The SMILES string of the molecule is Cc1cc2cc(Oc3nc(Nc4ncc(Br)s4)cc(N4CCN(C)CC4)n3)cc(F)c2[nH]1. The van der Waals surface area contributed by atoms with E-state index in [-0.39, 0.29) is 11.8 Å². The fourth-order valence-electron chi connectivity index (χ4n) is 3.62. The highest BCUT2D eigenvalue weighted by Crippen LogP contribution is 2.31. The van der Waals surface area contributed by atoms with Crippen molar-refractivity contribution in [3.8, 4) is 11.8 Å². The van der Waals surface area contributed by atoms with E-state index in [2.05, 4.69) is 58.0 Å². The number of aromatic nitrogens is 4. The standard InChI is InChI=1S/C21H21BrFN7OS/c1-12-7-13-8-14(9-15(23)19(13)25-12)31-20-26-17(27-21-24-11-16(22)32-21)10-18(28-20)30-5-3-29(2)4-6-30/h7-11,25H,3-6H2,1-2H3,(H,24,26,27,28). The van der Waals surface area contributed by atoms with Gasteiger partial charge in [-0.25, -0.2) is 9.37 Å². The van der Waals surface area contributed by atoms with E-state index in [9.17, 15) is 4.39 Å². The van der Waals surface area contributed by atoms with Crippen LogP contribution in [0.5, 0.6) is 11.8 Å². The number of aryl methyl sites for hydroxylation is 1. The van der Waals surface area contributed by atoms with Crippen molar-refractivity contribution in [1.29, 1.82) is 0 Å². The summed E-state index contributed by atoms with van der Waals surface area (Å²) in [7, 11) is 2.10. The molecule has 0 unspecified atom stereocenters. The number of thiazole rings is 1. The minimum Gasteiger partial charge on any atom is -0.424 e. The number of fused-ring (bicyclic) bond motifs is 1. The lowest BCUT2D eigenvalue weighted by Gasteiger charge is -2.33. The highest BCUT2D eigenvalue weighted by Gasteiger charge is 2.19. The third-order valence-electron chi connectivity index (χ3n) is 5.23. The predicted octanol–water partition coefficient (Wildman–Crippen LogP) is 4.91. The molecule has 0 bridgehead atoms. The van der Waals surface area contributed by atoms with Crippen LogP contribution >= 0.6 is 27.3 Å². The van der Waals surface area contributed by atoms with Gasteiger partial charge in [-0.1, -0.05) is 11.3 Å². The molecular formula is C21H21BrFN7OS. The van der Waals surface area contributed by atoms with Crippen molar-refractivity contribution in [2.45, 2.75) is 6.92 Å². The Labute approximate surface area is 196 Å². The summed E-state index contributed by atoms with van der Waals surface area (Å²) in [6.45, 7) is 5.46. The summed E-state index contributed by atoms with van der Waals surface area (Å²) in [4.78, 5) is 20.9. The summed E-state index contributed by atoms with van der Waals surface area (Å²) in [5.74, 6) is 1.27. The summed E-state index contributed by atoms with van der Waals surface area (Å²) in [6.07, 6.45) is 1.73. The second kappa shape index (κ2) is 8.64. The molecule has 0 saturated carbocycles. The molecule has 3 aromatic heterocycles. The van der Waals surface area contributed by atoms with E-state index in [1.54, 1.807) is 12.3 Å². The minimum absolute atomic E-state index is 0.144. The second-order valence-electron chi connectivity index (χ2n) is 7.70. The van der Waals surface area contributed by atoms with Gasteiger partial charge in [0.1, 0.15) is 17.4 Å². The van der Waals surface area contributed by atoms with Crippen molar-refractivity contribution >= 4 is 54.9 Å². The number of piperazine rings is 1. The average molecular weight is 518 g/mol. The number of rotatable bonds is 5. The Bertz CT molecular complexity index is 1270. The number of H-pyrrole nitrogens is 1. The largest absolute Gasteiger partial charge is 0.424 e. The minimum atomic E-state index is -0.383. The molecule has 4 heterocycles. The number of halogens is 2. The van der Waals surface area contributed by atoms with Gasteiger partial charge in [0.2, 0.25) is 0 Å². The van der Waals surface area contributed by atoms with Gasteiger partial charge in [-0.15, -0.1) is 0 Å². The third kappa shape index (κ3) is 4.54. The first kappa shape index (κ1) is 21.1. The first-order valence-electron chi connectivity index (χ1n) is 10.1. The van der Waals surface area contributed by atoms with Crippen molar-refractivity contribution < 1.29 is 9.13 Å². The number of nitrogens with zero attached hydrogens (tertiary/aromatic N) is 5. The zero-order valence-corrected chi connectivity index (χ0v) is 19.9. The number of ether oxygens (including phenoxy) is 1. The van der Waals surface area contributed by atoms with Crippen molar-refractivity contribution in [3.05, 3.63) is 45.8 Å². The zero-order valence-electron chi connectivity index (χ0n) is 17.5. The van der Waals surface area contributed by atoms with Gasteiger partial charge in [0.15, 0.2) is 10.9 Å². The molecule has 166 valence electrons. The molecule has 5 rings (SSSR count). The van der Waals surface area contributed by atoms with Crippen LogP contribution in [0.4, 0.5) is 21.2 Å². The van der Waals surface area contributed by atoms with Crippen LogP contribution in [0, 0.1) is 12.7 Å². The number of anilines is 3. The highest BCUT2D eigenvalue weighted by molar-refractivity contribution is 9.11. The van der Waals surface area contributed by atoms with Crippen LogP contribution in [0.2, 0.25) is 0 Å². The summed E-state index contributed by atoms with van der Waals surface area (Å²) in [6, 6.07) is 7.02. The molecule has 11 heteroatoms. The Hall–Kier alpha value is -2.76. The summed E-state index contributed by atoms with van der Waals surface area (Å²) >= 11 is 4.88. The highest BCUT2D eigenvalue weighted by atomic mass is 79.9. The van der Waals surface area contributed by atoms with Gasteiger partial charge in [0.05, 0.1) is 15.5 Å². The van der Waals surface area contributed by atoms with E-state index in [0.29, 0.717) is 22.2 Å². The number of likely N-dealkylation sites (N-methyl/N-ethyl adjacent to an activating group) is 1. The number of nitrogens with one attached hydrogen (secondary N) is 2. The van der Waals surface area contributed by atoms with E-state index < -0.39 is 0 Å². The topological polar surface area (TPSA) is 82.2 Å². The average Bonchev–Trinajstić information content (AvgIpc) is 3.33. The van der Waals surface area contributed by atoms with Gasteiger partial charge in [-0.2, -0.15) is 9.97 Å². The normalized spacial score (nSPS) is 14.8. The van der Waals surface area contributed by atoms with Crippen LogP contribution in [0.15, 0.2) is 34.2 Å². The molecule has 0 spiro atoms. The first-order valence-corrected chi connectivity index (χ1v) is 11.7. The predicted molar refractivity (Wildman–Crippen MR) is 128 cm³/mol. The van der Waals surface area contributed by atoms with E-state index in [4.69, 9.17) is 4.74 Å². The maximum absolute atomic E-state index is 14.6. The van der Waals surface area contributed by atoms with Gasteiger partial charge in [-0.3, -0.25) is 0 Å². The van der Waals surface area contributed by atoms with Crippen LogP contribution in [0.3, 0.4) is 0 Å². The first-order chi connectivity index (χ1) is 15.4. The number of benzene rings is 1. The smallest absolute Gasteiger partial charge is 0.325 e. The quantitative estimate of drug-likeness (QED) is 0.389. The molecule has 8 nitrogen and oxygen atoms in total. The van der Waals surface area contributed by atoms with Crippen LogP contribution in [0.25, 0.3) is 10.9 Å². The Balaban J connectivity index is 1.48. The van der Waals surface area contributed by atoms with Gasteiger partial charge in [-0.05, 0) is 42.0 Å². The molecule has 1 fully saturated rings. The van der Waals surface area contributed by atoms with E-state index in [0.717, 1.165) is 46.9 Å². The lowest BCUT2D eigenvalue weighted by molar-refractivity contribution is 0.311. The lowest BCUT2D eigenvalue weighted by Crippen LogP contribution is -2.44. The fraction of sp³-hybridized carbons (Fsp3) is 0.286. The molecule has 32 heavy (non-hydrogen) atoms. The Morgan fingerprint density at radius 1 is 1.16 bits per heavy atom. The van der Waals surface area contributed by atoms with Gasteiger partial charge < -0.3 is 24.8 Å². The monoisotopic (exact) mass is 517 g/mol. The number of aromatic amines is 1. The molecule has 1 aromatic carbocycles. The molecular weight excluding hydrogens is 497 g/mol. The van der Waals surface area contributed by atoms with Crippen molar-refractivity contribution in [2.75, 3.05) is 43.4 Å². The van der Waals surface area contributed by atoms with Crippen LogP contribution < -0.4 is 15.0 Å². The summed E-state index contributed by atoms with van der Waals surface area (Å²) in [5, 5.41) is 4.64. The molecule has 0 atom stereocenters. The molecule has 1 saturated heterocycles. The molecule has 2 N–H and O–H groups in total. The van der Waals surface area contributed by atoms with E-state index in [1.165, 1.54) is 17.4 Å².